The van der Waals surface area contributed by atoms with E-state index >= 15 is 0 Å². The van der Waals surface area contributed by atoms with E-state index in [0.717, 1.165) is 16.9 Å². The normalized spacial score (nSPS) is 13.6. The summed E-state index contributed by atoms with van der Waals surface area (Å²) in [6.07, 6.45) is 1.40. The standard InChI is InChI=1S/C20H27N5O2S/c1-13(2)25(14(3)4)28(26,27)16-10-11-19(21-12-16)22-15(5)20-23-17-8-6-7-9-18(17)24-20/h6-15H,1-5H3,(H,21,22)(H,23,24). The van der Waals surface area contributed by atoms with E-state index in [1.807, 2.05) is 58.9 Å². The molecule has 150 valence electrons. The third-order valence-corrected chi connectivity index (χ3v) is 6.75. The van der Waals surface area contributed by atoms with Crippen LogP contribution in [0.3, 0.4) is 0 Å². The van der Waals surface area contributed by atoms with Gasteiger partial charge in [-0.25, -0.2) is 18.4 Å². The Bertz CT molecular complexity index is 1000. The van der Waals surface area contributed by atoms with E-state index in [1.165, 1.54) is 10.5 Å². The van der Waals surface area contributed by atoms with E-state index in [4.69, 9.17) is 0 Å². The average molecular weight is 402 g/mol. The fraction of sp³-hybridized carbons (Fsp3) is 0.400. The summed E-state index contributed by atoms with van der Waals surface area (Å²) in [7, 11) is -3.59. The SMILES string of the molecule is CC(Nc1ccc(S(=O)(=O)N(C(C)C)C(C)C)cn1)c1nc2ccccc2[nH]1. The number of aromatic amines is 1. The number of hydrogen-bond acceptors (Lipinski definition) is 5. The Kier molecular flexibility index (Phi) is 5.71. The van der Waals surface area contributed by atoms with E-state index in [-0.39, 0.29) is 23.0 Å². The second kappa shape index (κ2) is 7.89. The molecule has 0 amide bonds. The number of nitrogens with zero attached hydrogens (tertiary/aromatic N) is 3. The minimum Gasteiger partial charge on any atom is -0.360 e. The van der Waals surface area contributed by atoms with Crippen LogP contribution in [0.1, 0.15) is 46.5 Å². The molecule has 7 nitrogen and oxygen atoms in total. The van der Waals surface area contributed by atoms with E-state index in [0.29, 0.717) is 5.82 Å². The Morgan fingerprint density at radius 2 is 1.68 bits per heavy atom. The second-order valence-electron chi connectivity index (χ2n) is 7.41. The Morgan fingerprint density at radius 1 is 1.00 bits per heavy atom. The van der Waals surface area contributed by atoms with Gasteiger partial charge in [0.25, 0.3) is 0 Å². The van der Waals surface area contributed by atoms with Crippen molar-refractivity contribution in [1.82, 2.24) is 19.3 Å². The molecule has 0 saturated heterocycles. The molecule has 8 heteroatoms. The average Bonchev–Trinajstić information content (AvgIpc) is 3.05. The summed E-state index contributed by atoms with van der Waals surface area (Å²) < 4.78 is 27.3. The predicted octanol–water partition coefficient (Wildman–Crippen LogP) is 3.94. The van der Waals surface area contributed by atoms with Gasteiger partial charge in [0, 0.05) is 18.3 Å². The van der Waals surface area contributed by atoms with Crippen molar-refractivity contribution in [3.05, 3.63) is 48.4 Å². The van der Waals surface area contributed by atoms with Gasteiger partial charge < -0.3 is 10.3 Å². The molecule has 0 radical (unpaired) electrons. The molecule has 3 rings (SSSR count). The Hall–Kier alpha value is -2.45. The zero-order valence-corrected chi connectivity index (χ0v) is 17.7. The number of aromatic nitrogens is 3. The molecule has 0 bridgehead atoms. The first-order valence-electron chi connectivity index (χ1n) is 9.41. The lowest BCUT2D eigenvalue weighted by Gasteiger charge is -2.29. The Labute approximate surface area is 166 Å². The topological polar surface area (TPSA) is 91.0 Å². The Balaban J connectivity index is 1.78. The largest absolute Gasteiger partial charge is 0.360 e. The van der Waals surface area contributed by atoms with Crippen molar-refractivity contribution >= 4 is 26.9 Å². The molecule has 2 heterocycles. The molecule has 1 unspecified atom stereocenters. The van der Waals surface area contributed by atoms with Crippen LogP contribution in [-0.4, -0.2) is 39.8 Å². The van der Waals surface area contributed by atoms with Crippen molar-refractivity contribution in [2.45, 2.75) is 57.6 Å². The molecule has 0 aliphatic carbocycles. The number of sulfonamides is 1. The van der Waals surface area contributed by atoms with E-state index < -0.39 is 10.0 Å². The van der Waals surface area contributed by atoms with E-state index in [1.54, 1.807) is 12.1 Å². The highest BCUT2D eigenvalue weighted by Crippen LogP contribution is 2.23. The van der Waals surface area contributed by atoms with Gasteiger partial charge in [0.15, 0.2) is 0 Å². The van der Waals surface area contributed by atoms with Crippen molar-refractivity contribution in [2.75, 3.05) is 5.32 Å². The van der Waals surface area contributed by atoms with Crippen LogP contribution in [0.25, 0.3) is 11.0 Å². The van der Waals surface area contributed by atoms with Gasteiger partial charge in [0.1, 0.15) is 16.5 Å². The number of benzene rings is 1. The summed E-state index contributed by atoms with van der Waals surface area (Å²) in [5.41, 5.74) is 1.88. The quantitative estimate of drug-likeness (QED) is 0.626. The molecule has 0 aliphatic heterocycles. The number of pyridine rings is 1. The number of imidazole rings is 1. The smallest absolute Gasteiger partial charge is 0.245 e. The van der Waals surface area contributed by atoms with E-state index in [2.05, 4.69) is 20.3 Å². The van der Waals surface area contributed by atoms with Crippen LogP contribution in [-0.2, 0) is 10.0 Å². The third kappa shape index (κ3) is 4.02. The molecule has 1 atom stereocenters. The maximum atomic E-state index is 12.9. The maximum Gasteiger partial charge on any atom is 0.245 e. The Morgan fingerprint density at radius 3 is 2.25 bits per heavy atom. The fourth-order valence-electron chi connectivity index (χ4n) is 3.36. The third-order valence-electron chi connectivity index (χ3n) is 4.51. The van der Waals surface area contributed by atoms with Gasteiger partial charge in [0.05, 0.1) is 17.1 Å². The van der Waals surface area contributed by atoms with Gasteiger partial charge >= 0.3 is 0 Å². The fourth-order valence-corrected chi connectivity index (χ4v) is 5.14. The lowest BCUT2D eigenvalue weighted by atomic mass is 10.3. The van der Waals surface area contributed by atoms with Crippen LogP contribution in [0.5, 0.6) is 0 Å². The predicted molar refractivity (Wildman–Crippen MR) is 112 cm³/mol. The van der Waals surface area contributed by atoms with Crippen molar-refractivity contribution in [2.24, 2.45) is 0 Å². The van der Waals surface area contributed by atoms with Crippen LogP contribution in [0.15, 0.2) is 47.5 Å². The van der Waals surface area contributed by atoms with Crippen LogP contribution >= 0.6 is 0 Å². The zero-order valence-electron chi connectivity index (χ0n) is 16.8. The van der Waals surface area contributed by atoms with E-state index in [9.17, 15) is 8.42 Å². The molecule has 0 spiro atoms. The van der Waals surface area contributed by atoms with Gasteiger partial charge in [-0.05, 0) is 58.9 Å². The molecule has 0 saturated carbocycles. The molecular weight excluding hydrogens is 374 g/mol. The summed E-state index contributed by atoms with van der Waals surface area (Å²) in [5.74, 6) is 1.39. The van der Waals surface area contributed by atoms with Crippen LogP contribution < -0.4 is 5.32 Å². The number of nitrogens with one attached hydrogen (secondary N) is 2. The molecule has 28 heavy (non-hydrogen) atoms. The molecule has 2 aromatic heterocycles. The monoisotopic (exact) mass is 401 g/mol. The molecule has 1 aromatic carbocycles. The minimum atomic E-state index is -3.59. The summed E-state index contributed by atoms with van der Waals surface area (Å²) in [6, 6.07) is 10.8. The molecular formula is C20H27N5O2S. The first kappa shape index (κ1) is 20.3. The van der Waals surface area contributed by atoms with Gasteiger partial charge in [-0.15, -0.1) is 0 Å². The molecule has 0 aliphatic rings. The molecule has 3 aromatic rings. The number of para-hydroxylation sites is 2. The highest BCUT2D eigenvalue weighted by atomic mass is 32.2. The number of rotatable bonds is 7. The summed E-state index contributed by atoms with van der Waals surface area (Å²) in [5, 5.41) is 3.26. The summed E-state index contributed by atoms with van der Waals surface area (Å²) >= 11 is 0. The number of anilines is 1. The highest BCUT2D eigenvalue weighted by Gasteiger charge is 2.29. The summed E-state index contributed by atoms with van der Waals surface area (Å²) in [6.45, 7) is 9.46. The molecule has 0 fully saturated rings. The van der Waals surface area contributed by atoms with Crippen molar-refractivity contribution in [3.63, 3.8) is 0 Å². The van der Waals surface area contributed by atoms with Crippen LogP contribution in [0.2, 0.25) is 0 Å². The highest BCUT2D eigenvalue weighted by molar-refractivity contribution is 7.89. The minimum absolute atomic E-state index is 0.106. The van der Waals surface area contributed by atoms with Crippen molar-refractivity contribution in [3.8, 4) is 0 Å². The number of fused-ring (bicyclic) bond motifs is 1. The lowest BCUT2D eigenvalue weighted by molar-refractivity contribution is 0.302. The first-order chi connectivity index (χ1) is 13.2. The first-order valence-corrected chi connectivity index (χ1v) is 10.8. The second-order valence-corrected chi connectivity index (χ2v) is 9.25. The van der Waals surface area contributed by atoms with Gasteiger partial charge in [0.2, 0.25) is 10.0 Å². The van der Waals surface area contributed by atoms with Gasteiger partial charge in [-0.2, -0.15) is 4.31 Å². The van der Waals surface area contributed by atoms with Crippen LogP contribution in [0, 0.1) is 0 Å². The molecule has 2 N–H and O–H groups in total. The number of H-pyrrole nitrogens is 1. The zero-order chi connectivity index (χ0) is 20.5. The van der Waals surface area contributed by atoms with Gasteiger partial charge in [-0.1, -0.05) is 12.1 Å². The van der Waals surface area contributed by atoms with Crippen molar-refractivity contribution in [1.29, 1.82) is 0 Å². The lowest BCUT2D eigenvalue weighted by Crippen LogP contribution is -2.41. The van der Waals surface area contributed by atoms with Gasteiger partial charge in [-0.3, -0.25) is 0 Å². The summed E-state index contributed by atoms with van der Waals surface area (Å²) in [4.78, 5) is 12.4. The van der Waals surface area contributed by atoms with Crippen LogP contribution in [0.4, 0.5) is 5.82 Å². The maximum absolute atomic E-state index is 12.9. The number of hydrogen-bond donors (Lipinski definition) is 2. The van der Waals surface area contributed by atoms with Crippen molar-refractivity contribution < 1.29 is 8.42 Å².